The van der Waals surface area contributed by atoms with Gasteiger partial charge in [-0.2, -0.15) is 13.2 Å². The number of carbonyl (C=O) groups excluding carboxylic acids is 1. The molecule has 1 heterocycles. The van der Waals surface area contributed by atoms with Crippen molar-refractivity contribution in [3.8, 4) is 0 Å². The third-order valence-corrected chi connectivity index (χ3v) is 3.46. The van der Waals surface area contributed by atoms with Gasteiger partial charge in [0.25, 0.3) is 0 Å². The molecule has 1 fully saturated rings. The maximum absolute atomic E-state index is 12.2. The van der Waals surface area contributed by atoms with E-state index in [1.54, 1.807) is 6.07 Å². The summed E-state index contributed by atoms with van der Waals surface area (Å²) in [6.45, 7) is 1.88. The monoisotopic (exact) mass is 264 g/mol. The van der Waals surface area contributed by atoms with Crippen LogP contribution in [-0.2, 0) is 0 Å². The van der Waals surface area contributed by atoms with E-state index >= 15 is 0 Å². The highest BCUT2D eigenvalue weighted by Crippen LogP contribution is 2.44. The molecule has 0 saturated heterocycles. The SMILES string of the molecule is Cc1csc(NC(=O)NC2CC2C(F)(F)F)c1. The number of aryl methyl sites for hydroxylation is 1. The molecular weight excluding hydrogens is 253 g/mol. The minimum absolute atomic E-state index is 0.0274. The summed E-state index contributed by atoms with van der Waals surface area (Å²) in [4.78, 5) is 11.4. The van der Waals surface area contributed by atoms with Crippen LogP contribution in [0.5, 0.6) is 0 Å². The van der Waals surface area contributed by atoms with E-state index in [-0.39, 0.29) is 6.42 Å². The number of nitrogens with one attached hydrogen (secondary N) is 2. The molecule has 0 spiro atoms. The van der Waals surface area contributed by atoms with Crippen molar-refractivity contribution in [2.45, 2.75) is 25.6 Å². The fourth-order valence-corrected chi connectivity index (χ4v) is 2.32. The highest BCUT2D eigenvalue weighted by molar-refractivity contribution is 7.14. The number of thiophene rings is 1. The lowest BCUT2D eigenvalue weighted by Gasteiger charge is -2.07. The molecule has 94 valence electrons. The maximum Gasteiger partial charge on any atom is 0.393 e. The van der Waals surface area contributed by atoms with E-state index < -0.39 is 24.2 Å². The van der Waals surface area contributed by atoms with Gasteiger partial charge in [-0.15, -0.1) is 11.3 Å². The molecule has 0 aliphatic heterocycles. The fourth-order valence-electron chi connectivity index (χ4n) is 1.53. The molecule has 2 rings (SSSR count). The standard InChI is InChI=1S/C10H11F3N2OS/c1-5-2-8(17-4-5)15-9(16)14-7-3-6(7)10(11,12)13/h2,4,6-7H,3H2,1H3,(H2,14,15,16). The van der Waals surface area contributed by atoms with Crippen molar-refractivity contribution in [3.05, 3.63) is 17.0 Å². The predicted octanol–water partition coefficient (Wildman–Crippen LogP) is 3.13. The van der Waals surface area contributed by atoms with E-state index in [1.165, 1.54) is 11.3 Å². The molecule has 3 nitrogen and oxygen atoms in total. The molecule has 2 unspecified atom stereocenters. The summed E-state index contributed by atoms with van der Waals surface area (Å²) in [7, 11) is 0. The average Bonchev–Trinajstić information content (AvgIpc) is 2.83. The Labute approximate surface area is 100 Å². The van der Waals surface area contributed by atoms with Gasteiger partial charge in [-0.3, -0.25) is 5.32 Å². The molecule has 2 N–H and O–H groups in total. The van der Waals surface area contributed by atoms with Crippen molar-refractivity contribution in [2.75, 3.05) is 5.32 Å². The lowest BCUT2D eigenvalue weighted by molar-refractivity contribution is -0.148. The second-order valence-corrected chi connectivity index (χ2v) is 4.99. The van der Waals surface area contributed by atoms with Gasteiger partial charge >= 0.3 is 12.2 Å². The predicted molar refractivity (Wildman–Crippen MR) is 59.2 cm³/mol. The minimum atomic E-state index is -4.21. The van der Waals surface area contributed by atoms with E-state index in [0.717, 1.165) is 5.56 Å². The summed E-state index contributed by atoms with van der Waals surface area (Å²) in [6.07, 6.45) is -4.24. The topological polar surface area (TPSA) is 41.1 Å². The average molecular weight is 264 g/mol. The fraction of sp³-hybridized carbons (Fsp3) is 0.500. The number of hydrogen-bond donors (Lipinski definition) is 2. The molecule has 1 saturated carbocycles. The van der Waals surface area contributed by atoms with Crippen molar-refractivity contribution in [1.29, 1.82) is 0 Å². The van der Waals surface area contributed by atoms with Gasteiger partial charge in [-0.1, -0.05) is 0 Å². The third-order valence-electron chi connectivity index (χ3n) is 2.49. The van der Waals surface area contributed by atoms with Gasteiger partial charge in [0.1, 0.15) is 0 Å². The van der Waals surface area contributed by atoms with E-state index in [1.807, 2.05) is 12.3 Å². The molecule has 2 atom stereocenters. The number of urea groups is 1. The third kappa shape index (κ3) is 3.12. The number of amides is 2. The molecular formula is C10H11F3N2OS. The normalized spacial score (nSPS) is 23.3. The molecule has 1 aromatic heterocycles. The van der Waals surface area contributed by atoms with Crippen molar-refractivity contribution in [2.24, 2.45) is 5.92 Å². The second-order valence-electron chi connectivity index (χ2n) is 4.08. The first-order valence-electron chi connectivity index (χ1n) is 5.05. The van der Waals surface area contributed by atoms with Crippen LogP contribution in [0.15, 0.2) is 11.4 Å². The molecule has 1 aliphatic carbocycles. The van der Waals surface area contributed by atoms with Gasteiger partial charge in [0, 0.05) is 6.04 Å². The van der Waals surface area contributed by atoms with Gasteiger partial charge in [0.05, 0.1) is 10.9 Å². The summed E-state index contributed by atoms with van der Waals surface area (Å²) in [6, 6.07) is 0.401. The number of carbonyl (C=O) groups is 1. The molecule has 17 heavy (non-hydrogen) atoms. The Morgan fingerprint density at radius 3 is 2.71 bits per heavy atom. The second kappa shape index (κ2) is 4.21. The number of hydrogen-bond acceptors (Lipinski definition) is 2. The van der Waals surface area contributed by atoms with Crippen LogP contribution in [0.1, 0.15) is 12.0 Å². The van der Waals surface area contributed by atoms with Crippen LogP contribution in [0.3, 0.4) is 0 Å². The van der Waals surface area contributed by atoms with Gasteiger partial charge in [0.2, 0.25) is 0 Å². The van der Waals surface area contributed by atoms with Gasteiger partial charge in [0.15, 0.2) is 0 Å². The Balaban J connectivity index is 1.80. The number of anilines is 1. The van der Waals surface area contributed by atoms with Crippen LogP contribution in [-0.4, -0.2) is 18.2 Å². The lowest BCUT2D eigenvalue weighted by atomic mass is 10.4. The molecule has 2 amide bonds. The van der Waals surface area contributed by atoms with Crippen LogP contribution >= 0.6 is 11.3 Å². The van der Waals surface area contributed by atoms with E-state index in [2.05, 4.69) is 10.6 Å². The van der Waals surface area contributed by atoms with E-state index in [0.29, 0.717) is 5.00 Å². The lowest BCUT2D eigenvalue weighted by Crippen LogP contribution is -2.33. The first-order valence-corrected chi connectivity index (χ1v) is 5.93. The molecule has 0 bridgehead atoms. The van der Waals surface area contributed by atoms with Crippen molar-refractivity contribution in [3.63, 3.8) is 0 Å². The zero-order valence-corrected chi connectivity index (χ0v) is 9.78. The van der Waals surface area contributed by atoms with Crippen LogP contribution < -0.4 is 10.6 Å². The smallest absolute Gasteiger partial charge is 0.334 e. The Hall–Kier alpha value is -1.24. The Morgan fingerprint density at radius 1 is 1.53 bits per heavy atom. The Bertz CT molecular complexity index is 429. The van der Waals surface area contributed by atoms with Crippen LogP contribution in [0, 0.1) is 12.8 Å². The Kier molecular flexibility index (Phi) is 3.03. The maximum atomic E-state index is 12.2. The van der Waals surface area contributed by atoms with Gasteiger partial charge in [-0.05, 0) is 30.4 Å². The summed E-state index contributed by atoms with van der Waals surface area (Å²) in [5.74, 6) is -1.39. The molecule has 0 radical (unpaired) electrons. The van der Waals surface area contributed by atoms with Crippen LogP contribution in [0.25, 0.3) is 0 Å². The first kappa shape index (κ1) is 12.2. The minimum Gasteiger partial charge on any atom is -0.334 e. The van der Waals surface area contributed by atoms with Gasteiger partial charge in [-0.25, -0.2) is 4.79 Å². The number of alkyl halides is 3. The summed E-state index contributed by atoms with van der Waals surface area (Å²) < 4.78 is 36.6. The molecule has 1 aromatic rings. The van der Waals surface area contributed by atoms with E-state index in [4.69, 9.17) is 0 Å². The van der Waals surface area contributed by atoms with Crippen LogP contribution in [0.2, 0.25) is 0 Å². The van der Waals surface area contributed by atoms with Gasteiger partial charge < -0.3 is 5.32 Å². The van der Waals surface area contributed by atoms with Crippen molar-refractivity contribution < 1.29 is 18.0 Å². The highest BCUT2D eigenvalue weighted by Gasteiger charge is 2.56. The van der Waals surface area contributed by atoms with Crippen molar-refractivity contribution in [1.82, 2.24) is 5.32 Å². The number of halogens is 3. The summed E-state index contributed by atoms with van der Waals surface area (Å²) in [5, 5.41) is 7.29. The zero-order chi connectivity index (χ0) is 12.6. The summed E-state index contributed by atoms with van der Waals surface area (Å²) in [5.41, 5.74) is 1.00. The van der Waals surface area contributed by atoms with Crippen LogP contribution in [0.4, 0.5) is 23.0 Å². The largest absolute Gasteiger partial charge is 0.393 e. The molecule has 1 aliphatic rings. The van der Waals surface area contributed by atoms with Crippen molar-refractivity contribution >= 4 is 22.4 Å². The van der Waals surface area contributed by atoms with E-state index in [9.17, 15) is 18.0 Å². The first-order chi connectivity index (χ1) is 7.86. The molecule has 7 heteroatoms. The summed E-state index contributed by atoms with van der Waals surface area (Å²) >= 11 is 1.34. The zero-order valence-electron chi connectivity index (χ0n) is 8.97. The molecule has 0 aromatic carbocycles. The Morgan fingerprint density at radius 2 is 2.24 bits per heavy atom. The number of rotatable bonds is 2. The quantitative estimate of drug-likeness (QED) is 0.846. The highest BCUT2D eigenvalue weighted by atomic mass is 32.1.